The third-order valence-corrected chi connectivity index (χ3v) is 3.95. The van der Waals surface area contributed by atoms with Crippen molar-refractivity contribution in [3.63, 3.8) is 0 Å². The maximum Gasteiger partial charge on any atom is 0.205 e. The lowest BCUT2D eigenvalue weighted by atomic mass is 10.2. The fourth-order valence-electron chi connectivity index (χ4n) is 1.85. The molecule has 0 amide bonds. The van der Waals surface area contributed by atoms with Crippen molar-refractivity contribution in [1.29, 1.82) is 0 Å². The van der Waals surface area contributed by atoms with E-state index >= 15 is 0 Å². The summed E-state index contributed by atoms with van der Waals surface area (Å²) < 4.78 is 19.8. The van der Waals surface area contributed by atoms with Crippen molar-refractivity contribution >= 4 is 40.1 Å². The molecule has 2 aromatic carbocycles. The number of hydrogen-bond donors (Lipinski definition) is 2. The van der Waals surface area contributed by atoms with Crippen LogP contribution < -0.4 is 15.9 Å². The molecule has 0 aliphatic carbocycles. The summed E-state index contributed by atoms with van der Waals surface area (Å²) in [5.41, 5.74) is 8.43. The van der Waals surface area contributed by atoms with Crippen molar-refractivity contribution in [2.24, 2.45) is 5.10 Å². The highest BCUT2D eigenvalue weighted by Crippen LogP contribution is 2.27. The lowest BCUT2D eigenvalue weighted by Gasteiger charge is -2.09. The molecule has 1 heterocycles. The number of benzene rings is 2. The summed E-state index contributed by atoms with van der Waals surface area (Å²) in [6.45, 7) is 0. The van der Waals surface area contributed by atoms with Gasteiger partial charge >= 0.3 is 0 Å². The topological polar surface area (TPSA) is 72.5 Å². The smallest absolute Gasteiger partial charge is 0.205 e. The number of rotatable bonds is 5. The Morgan fingerprint density at radius 2 is 2.04 bits per heavy atom. The van der Waals surface area contributed by atoms with Gasteiger partial charge < -0.3 is 10.5 Å². The molecule has 0 aliphatic rings. The zero-order valence-corrected chi connectivity index (χ0v) is 13.8. The van der Waals surface area contributed by atoms with Gasteiger partial charge in [-0.2, -0.15) is 5.10 Å². The lowest BCUT2D eigenvalue weighted by Crippen LogP contribution is -1.97. The van der Waals surface area contributed by atoms with E-state index in [2.05, 4.69) is 15.5 Å². The minimum absolute atomic E-state index is 0.212. The maximum absolute atomic E-state index is 14.1. The number of hydrogen-bond acceptors (Lipinski definition) is 6. The van der Waals surface area contributed by atoms with Crippen LogP contribution in [0.3, 0.4) is 0 Å². The SMILES string of the molecule is Nc1csc(NN=Cc2c(F)cccc2Oc2ccc(Cl)cc2)n1. The van der Waals surface area contributed by atoms with E-state index in [0.29, 0.717) is 27.5 Å². The largest absolute Gasteiger partial charge is 0.457 e. The first kappa shape index (κ1) is 16.2. The molecule has 0 aliphatic heterocycles. The van der Waals surface area contributed by atoms with Gasteiger partial charge in [-0.25, -0.2) is 9.37 Å². The van der Waals surface area contributed by atoms with Crippen LogP contribution in [-0.2, 0) is 0 Å². The van der Waals surface area contributed by atoms with Gasteiger partial charge in [-0.15, -0.1) is 11.3 Å². The first-order chi connectivity index (χ1) is 11.6. The quantitative estimate of drug-likeness (QED) is 0.507. The molecule has 0 fully saturated rings. The summed E-state index contributed by atoms with van der Waals surface area (Å²) in [5.74, 6) is 0.822. The minimum Gasteiger partial charge on any atom is -0.457 e. The third kappa shape index (κ3) is 4.01. The standard InChI is InChI=1S/C16H12ClFN4OS/c17-10-4-6-11(7-5-10)23-14-3-1-2-13(18)12(14)8-20-22-16-21-15(19)9-24-16/h1-9H,19H2,(H,21,22). The average Bonchev–Trinajstić information content (AvgIpc) is 2.97. The van der Waals surface area contributed by atoms with Crippen LogP contribution in [0.2, 0.25) is 5.02 Å². The van der Waals surface area contributed by atoms with Crippen LogP contribution in [0, 0.1) is 5.82 Å². The van der Waals surface area contributed by atoms with Gasteiger partial charge in [-0.05, 0) is 36.4 Å². The number of nitrogens with two attached hydrogens (primary N) is 1. The van der Waals surface area contributed by atoms with Crippen LogP contribution >= 0.6 is 22.9 Å². The van der Waals surface area contributed by atoms with Crippen LogP contribution in [0.25, 0.3) is 0 Å². The van der Waals surface area contributed by atoms with E-state index in [9.17, 15) is 4.39 Å². The van der Waals surface area contributed by atoms with Gasteiger partial charge in [0.1, 0.15) is 23.1 Å². The van der Waals surface area contributed by atoms with Crippen molar-refractivity contribution in [1.82, 2.24) is 4.98 Å². The Morgan fingerprint density at radius 1 is 1.25 bits per heavy atom. The van der Waals surface area contributed by atoms with E-state index < -0.39 is 5.82 Å². The van der Waals surface area contributed by atoms with Gasteiger partial charge in [-0.3, -0.25) is 5.43 Å². The normalized spacial score (nSPS) is 10.9. The zero-order valence-electron chi connectivity index (χ0n) is 12.2. The number of aromatic nitrogens is 1. The minimum atomic E-state index is -0.453. The molecule has 0 spiro atoms. The highest BCUT2D eigenvalue weighted by Gasteiger charge is 2.09. The molecule has 0 atom stereocenters. The molecule has 3 N–H and O–H groups in total. The van der Waals surface area contributed by atoms with Gasteiger partial charge in [0.25, 0.3) is 0 Å². The Balaban J connectivity index is 1.80. The second kappa shape index (κ2) is 7.29. The summed E-state index contributed by atoms with van der Waals surface area (Å²) in [6, 6.07) is 11.3. The molecule has 0 radical (unpaired) electrons. The molecule has 122 valence electrons. The van der Waals surface area contributed by atoms with Crippen LogP contribution in [-0.4, -0.2) is 11.2 Å². The fourth-order valence-corrected chi connectivity index (χ4v) is 2.53. The first-order valence-electron chi connectivity index (χ1n) is 6.84. The molecule has 24 heavy (non-hydrogen) atoms. The van der Waals surface area contributed by atoms with Gasteiger partial charge in [0, 0.05) is 10.4 Å². The number of nitrogens with one attached hydrogen (secondary N) is 1. The van der Waals surface area contributed by atoms with Crippen molar-refractivity contribution < 1.29 is 9.13 Å². The number of thiazole rings is 1. The summed E-state index contributed by atoms with van der Waals surface area (Å²) in [4.78, 5) is 4.00. The summed E-state index contributed by atoms with van der Waals surface area (Å²) in [7, 11) is 0. The lowest BCUT2D eigenvalue weighted by molar-refractivity contribution is 0.475. The Morgan fingerprint density at radius 3 is 2.75 bits per heavy atom. The predicted molar refractivity (Wildman–Crippen MR) is 95.7 cm³/mol. The third-order valence-electron chi connectivity index (χ3n) is 2.93. The van der Waals surface area contributed by atoms with Gasteiger partial charge in [0.2, 0.25) is 5.13 Å². The molecule has 5 nitrogen and oxygen atoms in total. The number of nitrogen functional groups attached to an aromatic ring is 1. The van der Waals surface area contributed by atoms with E-state index in [1.54, 1.807) is 41.8 Å². The monoisotopic (exact) mass is 362 g/mol. The zero-order chi connectivity index (χ0) is 16.9. The number of ether oxygens (including phenoxy) is 1. The summed E-state index contributed by atoms with van der Waals surface area (Å²) >= 11 is 7.14. The Kier molecular flexibility index (Phi) is 4.93. The van der Waals surface area contributed by atoms with E-state index in [1.807, 2.05) is 0 Å². The van der Waals surface area contributed by atoms with Crippen LogP contribution in [0.4, 0.5) is 15.3 Å². The van der Waals surface area contributed by atoms with E-state index in [0.717, 1.165) is 0 Å². The number of hydrazone groups is 1. The number of anilines is 2. The summed E-state index contributed by atoms with van der Waals surface area (Å²) in [5, 5.41) is 6.76. The maximum atomic E-state index is 14.1. The molecule has 0 bridgehead atoms. The predicted octanol–water partition coefficient (Wildman–Crippen LogP) is 4.76. The fraction of sp³-hybridized carbons (Fsp3) is 0. The Bertz CT molecular complexity index is 867. The molecular formula is C16H12ClFN4OS. The molecule has 0 saturated heterocycles. The van der Waals surface area contributed by atoms with E-state index in [1.165, 1.54) is 23.6 Å². The van der Waals surface area contributed by atoms with Gasteiger partial charge in [0.05, 0.1) is 11.8 Å². The second-order valence-corrected chi connectivity index (χ2v) is 5.95. The first-order valence-corrected chi connectivity index (χ1v) is 8.09. The Labute approximate surface area is 146 Å². The molecule has 0 saturated carbocycles. The van der Waals surface area contributed by atoms with Crippen LogP contribution in [0.15, 0.2) is 52.9 Å². The van der Waals surface area contributed by atoms with E-state index in [-0.39, 0.29) is 5.56 Å². The van der Waals surface area contributed by atoms with Crippen LogP contribution in [0.1, 0.15) is 5.56 Å². The Hall–Kier alpha value is -2.64. The molecular weight excluding hydrogens is 351 g/mol. The number of halogens is 2. The molecule has 3 aromatic rings. The van der Waals surface area contributed by atoms with Crippen LogP contribution in [0.5, 0.6) is 11.5 Å². The van der Waals surface area contributed by atoms with Gasteiger partial charge in [-0.1, -0.05) is 17.7 Å². The molecule has 8 heteroatoms. The number of nitrogens with zero attached hydrogens (tertiary/aromatic N) is 2. The van der Waals surface area contributed by atoms with Crippen molar-refractivity contribution in [3.05, 3.63) is 64.2 Å². The van der Waals surface area contributed by atoms with E-state index in [4.69, 9.17) is 22.1 Å². The average molecular weight is 363 g/mol. The van der Waals surface area contributed by atoms with Crippen molar-refractivity contribution in [2.45, 2.75) is 0 Å². The van der Waals surface area contributed by atoms with Crippen molar-refractivity contribution in [3.8, 4) is 11.5 Å². The van der Waals surface area contributed by atoms with Crippen molar-refractivity contribution in [2.75, 3.05) is 11.2 Å². The molecule has 3 rings (SSSR count). The second-order valence-electron chi connectivity index (χ2n) is 4.66. The highest BCUT2D eigenvalue weighted by molar-refractivity contribution is 7.14. The van der Waals surface area contributed by atoms with Gasteiger partial charge in [0.15, 0.2) is 0 Å². The molecule has 0 unspecified atom stereocenters. The summed E-state index contributed by atoms with van der Waals surface area (Å²) in [6.07, 6.45) is 1.33. The molecule has 1 aromatic heterocycles. The highest BCUT2D eigenvalue weighted by atomic mass is 35.5.